The molecule has 3 aliphatic rings. The number of rotatable bonds is 6. The number of amides is 2. The van der Waals surface area contributed by atoms with E-state index in [-0.39, 0.29) is 17.7 Å². The molecular weight excluding hydrogens is 406 g/mol. The molecule has 0 unspecified atom stereocenters. The summed E-state index contributed by atoms with van der Waals surface area (Å²) >= 11 is 0. The van der Waals surface area contributed by atoms with E-state index in [2.05, 4.69) is 15.5 Å². The topological polar surface area (TPSA) is 91.6 Å². The molecule has 5 rings (SSSR count). The summed E-state index contributed by atoms with van der Waals surface area (Å²) in [5.74, 6) is 1.40. The predicted octanol–water partition coefficient (Wildman–Crippen LogP) is 2.19. The molecule has 1 aromatic carbocycles. The Labute approximate surface area is 188 Å². The van der Waals surface area contributed by atoms with Gasteiger partial charge in [-0.25, -0.2) is 0 Å². The van der Waals surface area contributed by atoms with Crippen molar-refractivity contribution in [1.29, 1.82) is 0 Å². The Kier molecular flexibility index (Phi) is 5.61. The van der Waals surface area contributed by atoms with E-state index in [0.717, 1.165) is 24.9 Å². The second-order valence-corrected chi connectivity index (χ2v) is 9.60. The van der Waals surface area contributed by atoms with Gasteiger partial charge in [0.25, 0.3) is 0 Å². The summed E-state index contributed by atoms with van der Waals surface area (Å²) in [6.07, 6.45) is 4.36. The van der Waals surface area contributed by atoms with Crippen molar-refractivity contribution in [3.8, 4) is 0 Å². The van der Waals surface area contributed by atoms with Crippen LogP contribution in [0.4, 0.5) is 6.01 Å². The van der Waals surface area contributed by atoms with Crippen LogP contribution in [0.5, 0.6) is 0 Å². The third kappa shape index (κ3) is 4.23. The molecule has 8 heteroatoms. The summed E-state index contributed by atoms with van der Waals surface area (Å²) in [4.78, 5) is 30.6. The van der Waals surface area contributed by atoms with Crippen LogP contribution in [0.3, 0.4) is 0 Å². The van der Waals surface area contributed by atoms with Crippen molar-refractivity contribution in [2.75, 3.05) is 37.6 Å². The summed E-state index contributed by atoms with van der Waals surface area (Å²) < 4.78 is 5.68. The molecular formula is C24H31N5O3. The number of nitrogens with zero attached hydrogens (tertiary/aromatic N) is 4. The van der Waals surface area contributed by atoms with Gasteiger partial charge in [-0.1, -0.05) is 35.4 Å². The van der Waals surface area contributed by atoms with Crippen LogP contribution < -0.4 is 10.2 Å². The van der Waals surface area contributed by atoms with E-state index in [4.69, 9.17) is 4.42 Å². The number of hydrogen-bond donors (Lipinski definition) is 1. The number of likely N-dealkylation sites (tertiary alicyclic amines) is 1. The van der Waals surface area contributed by atoms with Crippen LogP contribution in [0.25, 0.3) is 0 Å². The molecule has 1 saturated carbocycles. The molecule has 8 nitrogen and oxygen atoms in total. The van der Waals surface area contributed by atoms with Gasteiger partial charge in [0.15, 0.2) is 0 Å². The van der Waals surface area contributed by atoms with E-state index >= 15 is 0 Å². The number of hydrogen-bond acceptors (Lipinski definition) is 6. The fourth-order valence-electron chi connectivity index (χ4n) is 5.21. The van der Waals surface area contributed by atoms with Gasteiger partial charge >= 0.3 is 6.01 Å². The molecule has 0 bridgehead atoms. The van der Waals surface area contributed by atoms with Gasteiger partial charge in [0.2, 0.25) is 17.7 Å². The average molecular weight is 438 g/mol. The first-order chi connectivity index (χ1) is 15.5. The van der Waals surface area contributed by atoms with E-state index in [1.54, 1.807) is 6.92 Å². The highest BCUT2D eigenvalue weighted by Gasteiger charge is 2.54. The molecule has 32 heavy (non-hydrogen) atoms. The normalized spacial score (nSPS) is 25.3. The number of carbonyl (C=O) groups is 2. The zero-order chi connectivity index (χ0) is 22.1. The maximum atomic E-state index is 13.5. The number of anilines is 1. The van der Waals surface area contributed by atoms with E-state index < -0.39 is 5.41 Å². The van der Waals surface area contributed by atoms with Crippen molar-refractivity contribution in [3.63, 3.8) is 0 Å². The van der Waals surface area contributed by atoms with E-state index in [1.807, 2.05) is 40.1 Å². The molecule has 170 valence electrons. The number of aryl methyl sites for hydroxylation is 1. The Morgan fingerprint density at radius 2 is 2.00 bits per heavy atom. The monoisotopic (exact) mass is 437 g/mol. The van der Waals surface area contributed by atoms with Gasteiger partial charge in [0.05, 0.1) is 11.8 Å². The number of nitrogens with one attached hydrogen (secondary N) is 1. The first-order valence-corrected chi connectivity index (χ1v) is 11.7. The quantitative estimate of drug-likeness (QED) is 0.745. The zero-order valence-corrected chi connectivity index (χ0v) is 18.6. The van der Waals surface area contributed by atoms with Gasteiger partial charge in [-0.2, -0.15) is 0 Å². The van der Waals surface area contributed by atoms with Crippen LogP contribution in [0.1, 0.15) is 37.1 Å². The highest BCUT2D eigenvalue weighted by molar-refractivity contribution is 5.85. The molecule has 0 spiro atoms. The van der Waals surface area contributed by atoms with Gasteiger partial charge in [-0.3, -0.25) is 9.59 Å². The molecule has 2 aromatic rings. The Balaban J connectivity index is 1.36. The fourth-order valence-corrected chi connectivity index (χ4v) is 5.21. The molecule has 1 aliphatic carbocycles. The first kappa shape index (κ1) is 21.0. The van der Waals surface area contributed by atoms with E-state index in [9.17, 15) is 9.59 Å². The lowest BCUT2D eigenvalue weighted by atomic mass is 9.74. The molecule has 3 fully saturated rings. The largest absolute Gasteiger partial charge is 0.408 e. The Bertz CT molecular complexity index is 973. The molecule has 2 aliphatic heterocycles. The summed E-state index contributed by atoms with van der Waals surface area (Å²) in [6.45, 7) is 4.98. The number of fused-ring (bicyclic) bond motifs is 1. The number of aromatic nitrogens is 2. The Morgan fingerprint density at radius 3 is 2.72 bits per heavy atom. The summed E-state index contributed by atoms with van der Waals surface area (Å²) in [7, 11) is 0. The Hall–Kier alpha value is -2.90. The van der Waals surface area contributed by atoms with Gasteiger partial charge in [-0.15, -0.1) is 5.10 Å². The molecule has 1 aromatic heterocycles. The summed E-state index contributed by atoms with van der Waals surface area (Å²) in [6, 6.07) is 10.3. The van der Waals surface area contributed by atoms with Gasteiger partial charge in [0.1, 0.15) is 0 Å². The van der Waals surface area contributed by atoms with Crippen LogP contribution in [-0.2, 0) is 16.0 Å². The highest BCUT2D eigenvalue weighted by atomic mass is 16.4. The van der Waals surface area contributed by atoms with Crippen molar-refractivity contribution in [2.45, 2.75) is 39.0 Å². The van der Waals surface area contributed by atoms with E-state index in [0.29, 0.717) is 50.4 Å². The molecule has 0 radical (unpaired) electrons. The minimum atomic E-state index is -0.543. The van der Waals surface area contributed by atoms with Crippen LogP contribution in [0.2, 0.25) is 0 Å². The molecule has 2 atom stereocenters. The lowest BCUT2D eigenvalue weighted by Crippen LogP contribution is -2.48. The lowest BCUT2D eigenvalue weighted by molar-refractivity contribution is -0.135. The smallest absolute Gasteiger partial charge is 0.318 e. The third-order valence-corrected chi connectivity index (χ3v) is 7.22. The fraction of sp³-hybridized carbons (Fsp3) is 0.583. The second-order valence-electron chi connectivity index (χ2n) is 9.60. The second kappa shape index (κ2) is 8.56. The number of benzene rings is 1. The van der Waals surface area contributed by atoms with Crippen molar-refractivity contribution in [1.82, 2.24) is 20.4 Å². The van der Waals surface area contributed by atoms with Gasteiger partial charge in [-0.05, 0) is 37.2 Å². The van der Waals surface area contributed by atoms with Crippen molar-refractivity contribution in [2.24, 2.45) is 17.3 Å². The van der Waals surface area contributed by atoms with Crippen molar-refractivity contribution < 1.29 is 14.0 Å². The van der Waals surface area contributed by atoms with Crippen LogP contribution >= 0.6 is 0 Å². The molecule has 2 saturated heterocycles. The SMILES string of the molecule is Cc1nnc(N2C[C@H]3CN(C(=O)Cc4ccccc4)CCC[C@@]3(C(=O)NCC3CC3)C2)o1. The summed E-state index contributed by atoms with van der Waals surface area (Å²) in [5.41, 5.74) is 0.476. The Morgan fingerprint density at radius 1 is 1.19 bits per heavy atom. The predicted molar refractivity (Wildman–Crippen MR) is 119 cm³/mol. The van der Waals surface area contributed by atoms with Crippen LogP contribution in [0, 0.1) is 24.2 Å². The maximum absolute atomic E-state index is 13.5. The van der Waals surface area contributed by atoms with Crippen LogP contribution in [0.15, 0.2) is 34.7 Å². The highest BCUT2D eigenvalue weighted by Crippen LogP contribution is 2.44. The van der Waals surface area contributed by atoms with Crippen LogP contribution in [-0.4, -0.2) is 59.6 Å². The van der Waals surface area contributed by atoms with Gasteiger partial charge in [0, 0.05) is 45.6 Å². The summed E-state index contributed by atoms with van der Waals surface area (Å²) in [5, 5.41) is 11.4. The average Bonchev–Trinajstić information content (AvgIpc) is 3.46. The standard InChI is InChI=1S/C24H31N5O3/c1-17-26-27-23(32-17)29-15-20-14-28(21(30)12-18-6-3-2-4-7-18)11-5-10-24(20,16-29)22(31)25-13-19-8-9-19/h2-4,6-7,19-20H,5,8-16H2,1H3,(H,25,31)/t20-,24-/m1/s1. The molecule has 3 heterocycles. The van der Waals surface area contributed by atoms with Crippen molar-refractivity contribution in [3.05, 3.63) is 41.8 Å². The lowest BCUT2D eigenvalue weighted by Gasteiger charge is -2.32. The zero-order valence-electron chi connectivity index (χ0n) is 18.6. The number of carbonyl (C=O) groups excluding carboxylic acids is 2. The third-order valence-electron chi connectivity index (χ3n) is 7.22. The van der Waals surface area contributed by atoms with Gasteiger partial charge < -0.3 is 19.5 Å². The first-order valence-electron chi connectivity index (χ1n) is 11.7. The molecule has 1 N–H and O–H groups in total. The minimum absolute atomic E-state index is 0.0242. The minimum Gasteiger partial charge on any atom is -0.408 e. The van der Waals surface area contributed by atoms with E-state index in [1.165, 1.54) is 12.8 Å². The van der Waals surface area contributed by atoms with Crippen molar-refractivity contribution >= 4 is 17.8 Å². The maximum Gasteiger partial charge on any atom is 0.318 e. The molecule has 2 amide bonds.